The molecule has 4 nitrogen and oxygen atoms in total. The van der Waals surface area contributed by atoms with Crippen molar-refractivity contribution in [2.45, 2.75) is 6.92 Å². The van der Waals surface area contributed by atoms with Crippen LogP contribution in [0.1, 0.15) is 28.4 Å². The zero-order valence-corrected chi connectivity index (χ0v) is 12.1. The Morgan fingerprint density at radius 1 is 1.10 bits per heavy atom. The second kappa shape index (κ2) is 6.69. The van der Waals surface area contributed by atoms with Crippen LogP contribution in [0.25, 0.3) is 0 Å². The fourth-order valence-electron chi connectivity index (χ4n) is 1.65. The maximum Gasteiger partial charge on any atom is 0.271 e. The number of amides is 1. The molecule has 0 radical (unpaired) electrons. The summed E-state index contributed by atoms with van der Waals surface area (Å²) in [6, 6.07) is 15.6. The van der Waals surface area contributed by atoms with E-state index in [0.717, 1.165) is 5.56 Å². The second-order valence-electron chi connectivity index (χ2n) is 4.33. The van der Waals surface area contributed by atoms with Gasteiger partial charge in [0.15, 0.2) is 0 Å². The van der Waals surface area contributed by atoms with Gasteiger partial charge in [0.25, 0.3) is 5.91 Å². The van der Waals surface area contributed by atoms with Crippen LogP contribution in [0.5, 0.6) is 0 Å². The summed E-state index contributed by atoms with van der Waals surface area (Å²) in [5.41, 5.74) is 5.04. The van der Waals surface area contributed by atoms with E-state index in [1.807, 2.05) is 6.07 Å². The molecule has 1 amide bonds. The number of nitrogens with zero attached hydrogens (tertiary/aromatic N) is 2. The van der Waals surface area contributed by atoms with Crippen LogP contribution < -0.4 is 5.43 Å². The molecule has 5 heteroatoms. The Balaban J connectivity index is 2.07. The first-order valence-corrected chi connectivity index (χ1v) is 6.58. The molecule has 0 aliphatic heterocycles. The van der Waals surface area contributed by atoms with E-state index in [2.05, 4.69) is 10.5 Å². The van der Waals surface area contributed by atoms with Crippen LogP contribution in [0.15, 0.2) is 53.6 Å². The highest BCUT2D eigenvalue weighted by Gasteiger charge is 2.04. The van der Waals surface area contributed by atoms with E-state index in [9.17, 15) is 4.79 Å². The predicted molar refractivity (Wildman–Crippen MR) is 82.3 cm³/mol. The highest BCUT2D eigenvalue weighted by molar-refractivity contribution is 6.30. The molecule has 0 fully saturated rings. The summed E-state index contributed by atoms with van der Waals surface area (Å²) >= 11 is 5.77. The van der Waals surface area contributed by atoms with Gasteiger partial charge < -0.3 is 0 Å². The molecule has 2 aromatic carbocycles. The molecule has 21 heavy (non-hydrogen) atoms. The lowest BCUT2D eigenvalue weighted by atomic mass is 10.1. The van der Waals surface area contributed by atoms with E-state index in [1.165, 1.54) is 0 Å². The van der Waals surface area contributed by atoms with Gasteiger partial charge in [-0.1, -0.05) is 23.7 Å². The zero-order valence-electron chi connectivity index (χ0n) is 11.3. The van der Waals surface area contributed by atoms with Gasteiger partial charge in [-0.05, 0) is 48.9 Å². The predicted octanol–water partition coefficient (Wildman–Crippen LogP) is 3.37. The quantitative estimate of drug-likeness (QED) is 0.697. The van der Waals surface area contributed by atoms with E-state index in [0.29, 0.717) is 21.9 Å². The molecular weight excluding hydrogens is 286 g/mol. The molecular formula is C16H12ClN3O. The molecule has 0 atom stereocenters. The van der Waals surface area contributed by atoms with E-state index < -0.39 is 0 Å². The lowest BCUT2D eigenvalue weighted by Gasteiger charge is -2.03. The molecule has 0 saturated carbocycles. The molecule has 2 rings (SSSR count). The summed E-state index contributed by atoms with van der Waals surface area (Å²) in [6.07, 6.45) is 0. The number of hydrogen-bond donors (Lipinski definition) is 1. The SMILES string of the molecule is C/C(=N\NC(=O)c1ccc(Cl)cc1)c1ccc(C#N)cc1. The van der Waals surface area contributed by atoms with Crippen molar-refractivity contribution in [3.05, 3.63) is 70.2 Å². The topological polar surface area (TPSA) is 65.2 Å². The average molecular weight is 298 g/mol. The fraction of sp³-hybridized carbons (Fsp3) is 0.0625. The fourth-order valence-corrected chi connectivity index (χ4v) is 1.78. The van der Waals surface area contributed by atoms with Crippen LogP contribution in [-0.4, -0.2) is 11.6 Å². The average Bonchev–Trinajstić information content (AvgIpc) is 2.53. The first-order valence-electron chi connectivity index (χ1n) is 6.21. The summed E-state index contributed by atoms with van der Waals surface area (Å²) in [4.78, 5) is 11.9. The lowest BCUT2D eigenvalue weighted by molar-refractivity contribution is 0.0955. The summed E-state index contributed by atoms with van der Waals surface area (Å²) in [5.74, 6) is -0.306. The molecule has 0 heterocycles. The van der Waals surface area contributed by atoms with Gasteiger partial charge in [0.2, 0.25) is 0 Å². The first-order chi connectivity index (χ1) is 10.1. The number of benzene rings is 2. The number of carbonyl (C=O) groups excluding carboxylic acids is 1. The Morgan fingerprint density at radius 3 is 2.24 bits per heavy atom. The summed E-state index contributed by atoms with van der Waals surface area (Å²) in [7, 11) is 0. The maximum atomic E-state index is 11.9. The molecule has 0 aliphatic carbocycles. The maximum absolute atomic E-state index is 11.9. The third-order valence-corrected chi connectivity index (χ3v) is 3.12. The zero-order chi connectivity index (χ0) is 15.2. The van der Waals surface area contributed by atoms with Crippen LogP contribution in [0.2, 0.25) is 5.02 Å². The molecule has 104 valence electrons. The molecule has 0 aliphatic rings. The van der Waals surface area contributed by atoms with Crippen molar-refractivity contribution in [2.75, 3.05) is 0 Å². The number of hydrazone groups is 1. The van der Waals surface area contributed by atoms with Gasteiger partial charge in [-0.2, -0.15) is 10.4 Å². The van der Waals surface area contributed by atoms with Gasteiger partial charge in [-0.15, -0.1) is 0 Å². The highest BCUT2D eigenvalue weighted by Crippen LogP contribution is 2.09. The highest BCUT2D eigenvalue weighted by atomic mass is 35.5. The van der Waals surface area contributed by atoms with Crippen LogP contribution in [0.4, 0.5) is 0 Å². The van der Waals surface area contributed by atoms with Crippen molar-refractivity contribution in [3.8, 4) is 6.07 Å². The van der Waals surface area contributed by atoms with Crippen molar-refractivity contribution in [3.63, 3.8) is 0 Å². The Kier molecular flexibility index (Phi) is 4.70. The van der Waals surface area contributed by atoms with Crippen LogP contribution in [0.3, 0.4) is 0 Å². The van der Waals surface area contributed by atoms with Crippen molar-refractivity contribution >= 4 is 23.2 Å². The molecule has 2 aromatic rings. The Morgan fingerprint density at radius 2 is 1.67 bits per heavy atom. The largest absolute Gasteiger partial charge is 0.271 e. The Hall–Kier alpha value is -2.64. The molecule has 0 bridgehead atoms. The molecule has 0 saturated heterocycles. The Labute approximate surface area is 127 Å². The third kappa shape index (κ3) is 3.91. The van der Waals surface area contributed by atoms with Gasteiger partial charge in [0, 0.05) is 10.6 Å². The van der Waals surface area contributed by atoms with Crippen molar-refractivity contribution in [1.82, 2.24) is 5.43 Å². The van der Waals surface area contributed by atoms with Gasteiger partial charge in [0.1, 0.15) is 0 Å². The Bertz CT molecular complexity index is 713. The minimum Gasteiger partial charge on any atom is -0.267 e. The number of nitrogens with one attached hydrogen (secondary N) is 1. The van der Waals surface area contributed by atoms with E-state index >= 15 is 0 Å². The summed E-state index contributed by atoms with van der Waals surface area (Å²) < 4.78 is 0. The van der Waals surface area contributed by atoms with Gasteiger partial charge in [-0.3, -0.25) is 4.79 Å². The van der Waals surface area contributed by atoms with Gasteiger partial charge in [-0.25, -0.2) is 5.43 Å². The lowest BCUT2D eigenvalue weighted by Crippen LogP contribution is -2.19. The van der Waals surface area contributed by atoms with Crippen LogP contribution in [0, 0.1) is 11.3 Å². The summed E-state index contributed by atoms with van der Waals surface area (Å²) in [5, 5.41) is 13.4. The molecule has 0 unspecified atom stereocenters. The molecule has 1 N–H and O–H groups in total. The minimum absolute atomic E-state index is 0.306. The summed E-state index contributed by atoms with van der Waals surface area (Å²) in [6.45, 7) is 1.78. The van der Waals surface area contributed by atoms with E-state index in [-0.39, 0.29) is 5.91 Å². The third-order valence-electron chi connectivity index (χ3n) is 2.86. The number of hydrogen-bond acceptors (Lipinski definition) is 3. The normalized spacial score (nSPS) is 10.8. The number of rotatable bonds is 3. The van der Waals surface area contributed by atoms with Crippen molar-refractivity contribution in [1.29, 1.82) is 5.26 Å². The van der Waals surface area contributed by atoms with Crippen LogP contribution in [-0.2, 0) is 0 Å². The first kappa shape index (κ1) is 14.8. The monoisotopic (exact) mass is 297 g/mol. The minimum atomic E-state index is -0.306. The van der Waals surface area contributed by atoms with E-state index in [1.54, 1.807) is 55.5 Å². The van der Waals surface area contributed by atoms with Crippen LogP contribution >= 0.6 is 11.6 Å². The second-order valence-corrected chi connectivity index (χ2v) is 4.77. The van der Waals surface area contributed by atoms with Crippen molar-refractivity contribution in [2.24, 2.45) is 5.10 Å². The standard InChI is InChI=1S/C16H12ClN3O/c1-11(13-4-2-12(10-18)3-5-13)19-20-16(21)14-6-8-15(17)9-7-14/h2-9H,1H3,(H,20,21)/b19-11+. The smallest absolute Gasteiger partial charge is 0.267 e. The number of nitriles is 1. The molecule has 0 spiro atoms. The van der Waals surface area contributed by atoms with Gasteiger partial charge in [0.05, 0.1) is 17.3 Å². The molecule has 0 aromatic heterocycles. The number of halogens is 1. The van der Waals surface area contributed by atoms with E-state index in [4.69, 9.17) is 16.9 Å². The van der Waals surface area contributed by atoms with Gasteiger partial charge >= 0.3 is 0 Å². The number of carbonyl (C=O) groups is 1. The van der Waals surface area contributed by atoms with Crippen molar-refractivity contribution < 1.29 is 4.79 Å².